The molecule has 2 heterocycles. The number of hydrogen-bond donors (Lipinski definition) is 1. The standard InChI is InChI=1S/C13H14N4O2S/c1-20(18,19)16-9-17-12-5-3-2-4-10(12)8-11-13(17)15-7-6-14-11/h2-7,16H,8-9H2,1H3. The summed E-state index contributed by atoms with van der Waals surface area (Å²) in [5.74, 6) is 0.697. The van der Waals surface area contributed by atoms with Crippen LogP contribution >= 0.6 is 0 Å². The summed E-state index contributed by atoms with van der Waals surface area (Å²) >= 11 is 0. The number of anilines is 2. The molecule has 1 aromatic carbocycles. The van der Waals surface area contributed by atoms with Crippen molar-refractivity contribution in [1.29, 1.82) is 0 Å². The Kier molecular flexibility index (Phi) is 3.15. The maximum absolute atomic E-state index is 11.3. The van der Waals surface area contributed by atoms with Crippen LogP contribution in [0.1, 0.15) is 11.3 Å². The highest BCUT2D eigenvalue weighted by Crippen LogP contribution is 2.35. The Labute approximate surface area is 117 Å². The zero-order valence-corrected chi connectivity index (χ0v) is 11.8. The van der Waals surface area contributed by atoms with Gasteiger partial charge in [0.2, 0.25) is 10.0 Å². The molecule has 7 heteroatoms. The van der Waals surface area contributed by atoms with Gasteiger partial charge >= 0.3 is 0 Å². The van der Waals surface area contributed by atoms with Crippen molar-refractivity contribution in [3.63, 3.8) is 0 Å². The average molecular weight is 290 g/mol. The molecule has 1 N–H and O–H groups in total. The summed E-state index contributed by atoms with van der Waals surface area (Å²) in [6.45, 7) is 0.140. The molecule has 104 valence electrons. The van der Waals surface area contributed by atoms with Crippen LogP contribution in [-0.2, 0) is 16.4 Å². The summed E-state index contributed by atoms with van der Waals surface area (Å²) in [6.07, 6.45) is 5.10. The molecule has 0 saturated heterocycles. The summed E-state index contributed by atoms with van der Waals surface area (Å²) in [5, 5.41) is 0. The Morgan fingerprint density at radius 3 is 2.80 bits per heavy atom. The van der Waals surface area contributed by atoms with Gasteiger partial charge in [0.15, 0.2) is 5.82 Å². The van der Waals surface area contributed by atoms with Crippen molar-refractivity contribution in [1.82, 2.24) is 14.7 Å². The highest BCUT2D eigenvalue weighted by atomic mass is 32.2. The Bertz CT molecular complexity index is 700. The van der Waals surface area contributed by atoms with Gasteiger partial charge < -0.3 is 4.90 Å². The normalized spacial score (nSPS) is 13.8. The molecule has 3 rings (SSSR count). The zero-order valence-electron chi connectivity index (χ0n) is 10.9. The summed E-state index contributed by atoms with van der Waals surface area (Å²) in [6, 6.07) is 7.85. The summed E-state index contributed by atoms with van der Waals surface area (Å²) in [7, 11) is -3.27. The Morgan fingerprint density at radius 1 is 1.25 bits per heavy atom. The van der Waals surface area contributed by atoms with E-state index < -0.39 is 10.0 Å². The van der Waals surface area contributed by atoms with Crippen LogP contribution in [0.2, 0.25) is 0 Å². The number of aromatic nitrogens is 2. The lowest BCUT2D eigenvalue weighted by molar-refractivity contribution is 0.587. The quantitative estimate of drug-likeness (QED) is 0.913. The second-order valence-electron chi connectivity index (χ2n) is 4.63. The van der Waals surface area contributed by atoms with Gasteiger partial charge in [-0.15, -0.1) is 0 Å². The molecule has 1 aromatic heterocycles. The lowest BCUT2D eigenvalue weighted by Crippen LogP contribution is -2.37. The smallest absolute Gasteiger partial charge is 0.210 e. The number of nitrogens with one attached hydrogen (secondary N) is 1. The molecule has 2 aromatic rings. The topological polar surface area (TPSA) is 75.2 Å². The van der Waals surface area contributed by atoms with Gasteiger partial charge in [0.05, 0.1) is 18.6 Å². The van der Waals surface area contributed by atoms with Crippen LogP contribution in [0.4, 0.5) is 11.5 Å². The Hall–Kier alpha value is -1.99. The van der Waals surface area contributed by atoms with Gasteiger partial charge in [-0.3, -0.25) is 4.98 Å². The minimum absolute atomic E-state index is 0.140. The number of sulfonamides is 1. The van der Waals surface area contributed by atoms with E-state index in [2.05, 4.69) is 14.7 Å². The van der Waals surface area contributed by atoms with Gasteiger partial charge in [0.25, 0.3) is 0 Å². The van der Waals surface area contributed by atoms with Gasteiger partial charge in [0, 0.05) is 24.5 Å². The van der Waals surface area contributed by atoms with Crippen molar-refractivity contribution in [3.05, 3.63) is 47.9 Å². The van der Waals surface area contributed by atoms with Crippen LogP contribution in [0.3, 0.4) is 0 Å². The van der Waals surface area contributed by atoms with Gasteiger partial charge in [-0.25, -0.2) is 13.4 Å². The minimum Gasteiger partial charge on any atom is -0.310 e. The van der Waals surface area contributed by atoms with Gasteiger partial charge in [-0.05, 0) is 11.6 Å². The van der Waals surface area contributed by atoms with E-state index in [0.29, 0.717) is 12.2 Å². The van der Waals surface area contributed by atoms with E-state index in [1.54, 1.807) is 12.4 Å². The fourth-order valence-electron chi connectivity index (χ4n) is 2.27. The molecule has 0 spiro atoms. The molecular formula is C13H14N4O2S. The molecule has 0 atom stereocenters. The molecule has 6 nitrogen and oxygen atoms in total. The van der Waals surface area contributed by atoms with E-state index >= 15 is 0 Å². The molecule has 1 aliphatic heterocycles. The summed E-state index contributed by atoms with van der Waals surface area (Å²) in [4.78, 5) is 10.5. The number of hydrogen-bond acceptors (Lipinski definition) is 5. The minimum atomic E-state index is -3.27. The first-order valence-electron chi connectivity index (χ1n) is 6.14. The molecule has 0 bridgehead atoms. The highest BCUT2D eigenvalue weighted by Gasteiger charge is 2.24. The summed E-state index contributed by atoms with van der Waals surface area (Å²) in [5.41, 5.74) is 2.91. The lowest BCUT2D eigenvalue weighted by atomic mass is 10.0. The highest BCUT2D eigenvalue weighted by molar-refractivity contribution is 7.88. The van der Waals surface area contributed by atoms with Crippen molar-refractivity contribution in [2.75, 3.05) is 17.8 Å². The zero-order chi connectivity index (χ0) is 14.2. The number of benzene rings is 1. The van der Waals surface area contributed by atoms with E-state index in [4.69, 9.17) is 0 Å². The van der Waals surface area contributed by atoms with Crippen LogP contribution < -0.4 is 9.62 Å². The van der Waals surface area contributed by atoms with E-state index in [9.17, 15) is 8.42 Å². The van der Waals surface area contributed by atoms with Gasteiger partial charge in [-0.2, -0.15) is 4.72 Å². The van der Waals surface area contributed by atoms with E-state index in [1.807, 2.05) is 29.2 Å². The SMILES string of the molecule is CS(=O)(=O)NCN1c2ccccc2Cc2nccnc21. The molecule has 20 heavy (non-hydrogen) atoms. The largest absolute Gasteiger partial charge is 0.310 e. The molecule has 0 unspecified atom stereocenters. The van der Waals surface area contributed by atoms with Crippen molar-refractivity contribution >= 4 is 21.5 Å². The maximum Gasteiger partial charge on any atom is 0.210 e. The fourth-order valence-corrected chi connectivity index (χ4v) is 2.63. The van der Waals surface area contributed by atoms with E-state index in [-0.39, 0.29) is 6.67 Å². The molecule has 1 aliphatic rings. The maximum atomic E-state index is 11.3. The number of nitrogens with zero attached hydrogens (tertiary/aromatic N) is 3. The van der Waals surface area contributed by atoms with Crippen LogP contribution in [-0.4, -0.2) is 31.3 Å². The van der Waals surface area contributed by atoms with Crippen molar-refractivity contribution in [2.24, 2.45) is 0 Å². The van der Waals surface area contributed by atoms with Crippen LogP contribution in [0.5, 0.6) is 0 Å². The van der Waals surface area contributed by atoms with Crippen LogP contribution in [0, 0.1) is 0 Å². The molecule has 0 amide bonds. The van der Waals surface area contributed by atoms with Gasteiger partial charge in [0.1, 0.15) is 0 Å². The number of para-hydroxylation sites is 1. The molecule has 0 aliphatic carbocycles. The number of rotatable bonds is 3. The Morgan fingerprint density at radius 2 is 2.00 bits per heavy atom. The van der Waals surface area contributed by atoms with E-state index in [0.717, 1.165) is 23.2 Å². The van der Waals surface area contributed by atoms with Crippen molar-refractivity contribution < 1.29 is 8.42 Å². The molecule has 0 fully saturated rings. The second kappa shape index (κ2) is 4.84. The Balaban J connectivity index is 2.03. The molecule has 0 radical (unpaired) electrons. The lowest BCUT2D eigenvalue weighted by Gasteiger charge is -2.31. The van der Waals surface area contributed by atoms with Crippen LogP contribution in [0.25, 0.3) is 0 Å². The number of fused-ring (bicyclic) bond motifs is 2. The first kappa shape index (κ1) is 13.0. The van der Waals surface area contributed by atoms with Crippen molar-refractivity contribution in [3.8, 4) is 0 Å². The van der Waals surface area contributed by atoms with E-state index in [1.165, 1.54) is 0 Å². The fraction of sp³-hybridized carbons (Fsp3) is 0.231. The molecular weight excluding hydrogens is 276 g/mol. The predicted molar refractivity (Wildman–Crippen MR) is 76.3 cm³/mol. The first-order valence-corrected chi connectivity index (χ1v) is 8.04. The predicted octanol–water partition coefficient (Wildman–Crippen LogP) is 1.03. The molecule has 0 saturated carbocycles. The summed E-state index contributed by atoms with van der Waals surface area (Å²) < 4.78 is 25.2. The third kappa shape index (κ3) is 2.50. The average Bonchev–Trinajstić information content (AvgIpc) is 2.42. The van der Waals surface area contributed by atoms with Crippen molar-refractivity contribution in [2.45, 2.75) is 6.42 Å². The second-order valence-corrected chi connectivity index (χ2v) is 6.47. The van der Waals surface area contributed by atoms with Gasteiger partial charge in [-0.1, -0.05) is 18.2 Å². The third-order valence-corrected chi connectivity index (χ3v) is 3.79. The first-order chi connectivity index (χ1) is 9.54. The van der Waals surface area contributed by atoms with Crippen LogP contribution in [0.15, 0.2) is 36.7 Å². The third-order valence-electron chi connectivity index (χ3n) is 3.13. The monoisotopic (exact) mass is 290 g/mol.